The molecule has 5 nitrogen and oxygen atoms in total. The van der Waals surface area contributed by atoms with E-state index < -0.39 is 5.54 Å². The Morgan fingerprint density at radius 3 is 2.14 bits per heavy atom. The molecule has 0 fully saturated rings. The summed E-state index contributed by atoms with van der Waals surface area (Å²) < 4.78 is 1.53. The molecule has 0 saturated heterocycles. The zero-order valence-electron chi connectivity index (χ0n) is 11.6. The van der Waals surface area contributed by atoms with Gasteiger partial charge < -0.3 is 0 Å². The lowest BCUT2D eigenvalue weighted by molar-refractivity contribution is 0.486. The van der Waals surface area contributed by atoms with Crippen molar-refractivity contribution in [2.45, 2.75) is 5.54 Å². The second kappa shape index (κ2) is 5.51. The fraction of sp³-hybridized carbons (Fsp3) is 0.0588. The summed E-state index contributed by atoms with van der Waals surface area (Å²) in [6.45, 7) is 0. The maximum Gasteiger partial charge on any atom is 0.200 e. The molecular weight excluding hydrogens is 274 g/mol. The second-order valence-corrected chi connectivity index (χ2v) is 4.72. The van der Waals surface area contributed by atoms with E-state index in [9.17, 15) is 5.26 Å². The summed E-state index contributed by atoms with van der Waals surface area (Å²) in [7, 11) is 0. The maximum atomic E-state index is 9.98. The van der Waals surface area contributed by atoms with Gasteiger partial charge in [0.15, 0.2) is 5.54 Å². The van der Waals surface area contributed by atoms with Crippen molar-refractivity contribution < 1.29 is 0 Å². The highest BCUT2D eigenvalue weighted by molar-refractivity contribution is 5.47. The zero-order chi connectivity index (χ0) is 15.4. The molecule has 1 unspecified atom stereocenters. The number of nitrogens with zero attached hydrogens (tertiary/aromatic N) is 5. The number of hydrogen-bond donors (Lipinski definition) is 0. The molecule has 0 aliphatic rings. The predicted octanol–water partition coefficient (Wildman–Crippen LogP) is 2.47. The fourth-order valence-corrected chi connectivity index (χ4v) is 2.46. The largest absolute Gasteiger partial charge is 0.223 e. The number of benzene rings is 2. The molecule has 1 heterocycles. The Bertz CT molecular complexity index is 839. The third-order valence-corrected chi connectivity index (χ3v) is 3.55. The number of aromatic nitrogens is 3. The summed E-state index contributed by atoms with van der Waals surface area (Å²) >= 11 is 0. The van der Waals surface area contributed by atoms with Crippen molar-refractivity contribution in [3.63, 3.8) is 0 Å². The van der Waals surface area contributed by atoms with E-state index in [-0.39, 0.29) is 0 Å². The molecule has 0 aliphatic heterocycles. The van der Waals surface area contributed by atoms with Crippen molar-refractivity contribution in [2.24, 2.45) is 0 Å². The molecule has 0 N–H and O–H groups in total. The van der Waals surface area contributed by atoms with Crippen LogP contribution in [0.3, 0.4) is 0 Å². The maximum absolute atomic E-state index is 9.98. The molecule has 0 spiro atoms. The van der Waals surface area contributed by atoms with Crippen LogP contribution in [0.15, 0.2) is 67.3 Å². The van der Waals surface area contributed by atoms with Gasteiger partial charge in [0.05, 0.1) is 11.6 Å². The van der Waals surface area contributed by atoms with Crippen LogP contribution >= 0.6 is 0 Å². The third-order valence-electron chi connectivity index (χ3n) is 3.55. The van der Waals surface area contributed by atoms with Gasteiger partial charge in [-0.25, -0.2) is 9.67 Å². The topological polar surface area (TPSA) is 78.3 Å². The fourth-order valence-electron chi connectivity index (χ4n) is 2.46. The first kappa shape index (κ1) is 13.5. The molecule has 0 aliphatic carbocycles. The van der Waals surface area contributed by atoms with Gasteiger partial charge in [-0.2, -0.15) is 15.6 Å². The van der Waals surface area contributed by atoms with Gasteiger partial charge in [0.2, 0.25) is 0 Å². The van der Waals surface area contributed by atoms with Gasteiger partial charge in [-0.1, -0.05) is 42.5 Å². The minimum atomic E-state index is -1.12. The average Bonchev–Trinajstić information content (AvgIpc) is 3.13. The minimum Gasteiger partial charge on any atom is -0.223 e. The zero-order valence-corrected chi connectivity index (χ0v) is 11.6. The Labute approximate surface area is 127 Å². The van der Waals surface area contributed by atoms with E-state index >= 15 is 0 Å². The van der Waals surface area contributed by atoms with Crippen LogP contribution in [0.2, 0.25) is 0 Å². The Kier molecular flexibility index (Phi) is 3.39. The quantitative estimate of drug-likeness (QED) is 0.740. The van der Waals surface area contributed by atoms with Crippen LogP contribution in [0.5, 0.6) is 0 Å². The van der Waals surface area contributed by atoms with Crippen LogP contribution in [0.4, 0.5) is 0 Å². The van der Waals surface area contributed by atoms with Crippen molar-refractivity contribution in [3.05, 3.63) is 83.9 Å². The molecule has 1 atom stereocenters. The van der Waals surface area contributed by atoms with E-state index in [4.69, 9.17) is 5.26 Å². The van der Waals surface area contributed by atoms with Crippen molar-refractivity contribution >= 4 is 0 Å². The van der Waals surface area contributed by atoms with Crippen molar-refractivity contribution in [1.29, 1.82) is 10.5 Å². The van der Waals surface area contributed by atoms with Gasteiger partial charge in [0.1, 0.15) is 18.7 Å². The highest BCUT2D eigenvalue weighted by Crippen LogP contribution is 2.32. The predicted molar refractivity (Wildman–Crippen MR) is 79.4 cm³/mol. The Morgan fingerprint density at radius 2 is 1.59 bits per heavy atom. The first-order valence-corrected chi connectivity index (χ1v) is 6.64. The first-order valence-electron chi connectivity index (χ1n) is 6.64. The molecule has 3 aromatic rings. The highest BCUT2D eigenvalue weighted by atomic mass is 15.4. The lowest BCUT2D eigenvalue weighted by Crippen LogP contribution is -2.35. The van der Waals surface area contributed by atoms with Gasteiger partial charge in [0.25, 0.3) is 0 Å². The van der Waals surface area contributed by atoms with Crippen LogP contribution < -0.4 is 0 Å². The third kappa shape index (κ3) is 2.02. The van der Waals surface area contributed by atoms with Gasteiger partial charge in [-0.15, -0.1) is 0 Å². The molecule has 0 saturated carbocycles. The van der Waals surface area contributed by atoms with Crippen LogP contribution in [0, 0.1) is 22.7 Å². The van der Waals surface area contributed by atoms with E-state index in [0.29, 0.717) is 5.56 Å². The van der Waals surface area contributed by atoms with E-state index in [1.165, 1.54) is 17.3 Å². The van der Waals surface area contributed by atoms with Crippen LogP contribution in [0.1, 0.15) is 16.7 Å². The Hall–Kier alpha value is -3.44. The normalized spacial score (nSPS) is 12.8. The number of rotatable bonds is 3. The molecule has 0 amide bonds. The monoisotopic (exact) mass is 285 g/mol. The minimum absolute atomic E-state index is 0.544. The molecule has 5 heteroatoms. The summed E-state index contributed by atoms with van der Waals surface area (Å²) in [5.74, 6) is 0. The highest BCUT2D eigenvalue weighted by Gasteiger charge is 2.37. The second-order valence-electron chi connectivity index (χ2n) is 4.72. The van der Waals surface area contributed by atoms with Gasteiger partial charge in [-0.3, -0.25) is 0 Å². The molecule has 2 aromatic carbocycles. The van der Waals surface area contributed by atoms with Gasteiger partial charge in [0, 0.05) is 0 Å². The summed E-state index contributed by atoms with van der Waals surface area (Å²) in [6, 6.07) is 20.8. The number of hydrogen-bond acceptors (Lipinski definition) is 4. The first-order chi connectivity index (χ1) is 10.8. The smallest absolute Gasteiger partial charge is 0.200 e. The molecule has 3 rings (SSSR count). The SMILES string of the molecule is N#Cc1ccc(C(C#N)(c2ccccc2)n2cncn2)cc1. The molecule has 0 bridgehead atoms. The lowest BCUT2D eigenvalue weighted by Gasteiger charge is -2.27. The average molecular weight is 285 g/mol. The van der Waals surface area contributed by atoms with Crippen LogP contribution in [-0.2, 0) is 5.54 Å². The molecule has 0 radical (unpaired) electrons. The standard InChI is InChI=1S/C17H11N5/c18-10-14-6-8-16(9-7-14)17(11-19,22-13-20-12-21-22)15-4-2-1-3-5-15/h1-9,12-13H. The van der Waals surface area contributed by atoms with Gasteiger partial charge >= 0.3 is 0 Å². The summed E-state index contributed by atoms with van der Waals surface area (Å²) in [4.78, 5) is 3.97. The Balaban J connectivity index is 2.28. The van der Waals surface area contributed by atoms with Crippen molar-refractivity contribution in [1.82, 2.24) is 14.8 Å². The van der Waals surface area contributed by atoms with Crippen molar-refractivity contribution in [3.8, 4) is 12.1 Å². The van der Waals surface area contributed by atoms with E-state index in [0.717, 1.165) is 11.1 Å². The molecule has 1 aromatic heterocycles. The molecule has 104 valence electrons. The summed E-state index contributed by atoms with van der Waals surface area (Å²) in [5, 5.41) is 23.1. The lowest BCUT2D eigenvalue weighted by atomic mass is 9.84. The van der Waals surface area contributed by atoms with E-state index in [1.807, 2.05) is 30.3 Å². The number of nitriles is 2. The summed E-state index contributed by atoms with van der Waals surface area (Å²) in [6.07, 6.45) is 2.92. The van der Waals surface area contributed by atoms with E-state index in [1.54, 1.807) is 24.3 Å². The van der Waals surface area contributed by atoms with Crippen LogP contribution in [-0.4, -0.2) is 14.8 Å². The molecular formula is C17H11N5. The van der Waals surface area contributed by atoms with Crippen LogP contribution in [0.25, 0.3) is 0 Å². The summed E-state index contributed by atoms with van der Waals surface area (Å²) in [5.41, 5.74) is 0.937. The van der Waals surface area contributed by atoms with E-state index in [2.05, 4.69) is 22.2 Å². The van der Waals surface area contributed by atoms with Gasteiger partial charge in [-0.05, 0) is 23.3 Å². The Morgan fingerprint density at radius 1 is 0.909 bits per heavy atom. The van der Waals surface area contributed by atoms with Crippen molar-refractivity contribution in [2.75, 3.05) is 0 Å². The molecule has 22 heavy (non-hydrogen) atoms.